The summed E-state index contributed by atoms with van der Waals surface area (Å²) in [5.41, 5.74) is 1.35. The normalized spacial score (nSPS) is 16.7. The molecule has 0 radical (unpaired) electrons. The van der Waals surface area contributed by atoms with Gasteiger partial charge in [0.05, 0.1) is 25.0 Å². The highest BCUT2D eigenvalue weighted by Crippen LogP contribution is 2.24. The summed E-state index contributed by atoms with van der Waals surface area (Å²) >= 11 is 0. The van der Waals surface area contributed by atoms with Crippen molar-refractivity contribution in [1.82, 2.24) is 4.90 Å². The van der Waals surface area contributed by atoms with Crippen LogP contribution in [-0.2, 0) is 36.8 Å². The number of cyclic esters (lactones) is 1. The Bertz CT molecular complexity index is 954. The van der Waals surface area contributed by atoms with Crippen LogP contribution >= 0.6 is 0 Å². The smallest absolute Gasteiger partial charge is 0.416 e. The molecule has 1 aliphatic rings. The molecule has 182 valence electrons. The Morgan fingerprint density at radius 2 is 1.65 bits per heavy atom. The van der Waals surface area contributed by atoms with E-state index < -0.39 is 35.5 Å². The van der Waals surface area contributed by atoms with Gasteiger partial charge in [0.15, 0.2) is 0 Å². The first-order valence-electron chi connectivity index (χ1n) is 11.6. The number of esters is 1. The van der Waals surface area contributed by atoms with Crippen molar-refractivity contribution in [2.45, 2.75) is 58.3 Å². The number of carbonyl (C=O) groups is 3. The molecule has 2 aromatic carbocycles. The zero-order chi connectivity index (χ0) is 24.6. The largest absolute Gasteiger partial charge is 0.460 e. The summed E-state index contributed by atoms with van der Waals surface area (Å²) in [6.45, 7) is 6.12. The van der Waals surface area contributed by atoms with Crippen molar-refractivity contribution in [2.24, 2.45) is 5.92 Å². The van der Waals surface area contributed by atoms with Gasteiger partial charge in [0.2, 0.25) is 5.91 Å². The van der Waals surface area contributed by atoms with Gasteiger partial charge < -0.3 is 14.2 Å². The van der Waals surface area contributed by atoms with Crippen LogP contribution in [0.5, 0.6) is 0 Å². The van der Waals surface area contributed by atoms with Gasteiger partial charge in [-0.3, -0.25) is 9.59 Å². The Morgan fingerprint density at radius 1 is 1.03 bits per heavy atom. The number of ether oxygens (including phenoxy) is 3. The lowest BCUT2D eigenvalue weighted by atomic mass is 9.98. The zero-order valence-electron chi connectivity index (χ0n) is 20.1. The third-order valence-electron chi connectivity index (χ3n) is 5.42. The second kappa shape index (κ2) is 11.8. The highest BCUT2D eigenvalue weighted by molar-refractivity contribution is 5.96. The van der Waals surface area contributed by atoms with Crippen LogP contribution in [0, 0.1) is 5.92 Å². The van der Waals surface area contributed by atoms with Gasteiger partial charge in [-0.1, -0.05) is 60.7 Å². The molecule has 7 heteroatoms. The lowest BCUT2D eigenvalue weighted by Crippen LogP contribution is -2.44. The molecule has 0 saturated carbocycles. The molecule has 1 heterocycles. The fourth-order valence-electron chi connectivity index (χ4n) is 3.85. The molecule has 1 aliphatic heterocycles. The van der Waals surface area contributed by atoms with Gasteiger partial charge in [-0.2, -0.15) is 0 Å². The second-order valence-corrected chi connectivity index (χ2v) is 9.44. The van der Waals surface area contributed by atoms with Crippen molar-refractivity contribution < 1.29 is 28.6 Å². The summed E-state index contributed by atoms with van der Waals surface area (Å²) in [5.74, 6) is -1.67. The number of hydrogen-bond donors (Lipinski definition) is 0. The van der Waals surface area contributed by atoms with Gasteiger partial charge in [-0.15, -0.1) is 0 Å². The standard InChI is InChI=1S/C27H33NO6/c1-27(2,3)34-24(29)17-22(14-15-32-18-21-12-8-5-9-13-21)25(30)28-23(19-33-26(28)31)16-20-10-6-4-7-11-20/h4-13,22-23H,14-19H2,1-3H3. The fourth-order valence-corrected chi connectivity index (χ4v) is 3.85. The molecular weight excluding hydrogens is 434 g/mol. The average molecular weight is 468 g/mol. The number of nitrogens with zero attached hydrogens (tertiary/aromatic N) is 1. The molecule has 0 bridgehead atoms. The predicted molar refractivity (Wildman–Crippen MR) is 127 cm³/mol. The van der Waals surface area contributed by atoms with Crippen LogP contribution in [0.25, 0.3) is 0 Å². The van der Waals surface area contributed by atoms with Crippen LogP contribution in [-0.4, -0.2) is 47.7 Å². The Labute approximate surface area is 201 Å². The Kier molecular flexibility index (Phi) is 8.82. The Morgan fingerprint density at radius 3 is 2.26 bits per heavy atom. The van der Waals surface area contributed by atoms with E-state index in [9.17, 15) is 14.4 Å². The van der Waals surface area contributed by atoms with E-state index in [2.05, 4.69) is 0 Å². The molecule has 1 fully saturated rings. The van der Waals surface area contributed by atoms with Gasteiger partial charge >= 0.3 is 12.1 Å². The quantitative estimate of drug-likeness (QED) is 0.377. The van der Waals surface area contributed by atoms with Crippen LogP contribution in [0.3, 0.4) is 0 Å². The molecule has 0 N–H and O–H groups in total. The molecule has 2 atom stereocenters. The molecule has 0 aliphatic carbocycles. The topological polar surface area (TPSA) is 82.1 Å². The highest BCUT2D eigenvalue weighted by atomic mass is 16.6. The first kappa shape index (κ1) is 25.4. The van der Waals surface area contributed by atoms with Crippen molar-refractivity contribution in [3.05, 3.63) is 71.8 Å². The molecule has 3 rings (SSSR count). The SMILES string of the molecule is CC(C)(C)OC(=O)CC(CCOCc1ccccc1)C(=O)N1C(=O)OCC1Cc1ccccc1. The monoisotopic (exact) mass is 467 g/mol. The van der Waals surface area contributed by atoms with Gasteiger partial charge in [0.25, 0.3) is 0 Å². The molecule has 1 saturated heterocycles. The van der Waals surface area contributed by atoms with E-state index in [1.54, 1.807) is 20.8 Å². The van der Waals surface area contributed by atoms with E-state index in [-0.39, 0.29) is 26.1 Å². The molecular formula is C27H33NO6. The summed E-state index contributed by atoms with van der Waals surface area (Å²) in [4.78, 5) is 39.7. The van der Waals surface area contributed by atoms with Crippen LogP contribution < -0.4 is 0 Å². The van der Waals surface area contributed by atoms with Gasteiger partial charge in [0.1, 0.15) is 12.2 Å². The van der Waals surface area contributed by atoms with Crippen molar-refractivity contribution >= 4 is 18.0 Å². The first-order valence-corrected chi connectivity index (χ1v) is 11.6. The maximum atomic E-state index is 13.5. The number of carbonyl (C=O) groups excluding carboxylic acids is 3. The molecule has 34 heavy (non-hydrogen) atoms. The molecule has 7 nitrogen and oxygen atoms in total. The molecule has 0 spiro atoms. The number of rotatable bonds is 10. The molecule has 2 amide bonds. The summed E-state index contributed by atoms with van der Waals surface area (Å²) in [6, 6.07) is 18.9. The zero-order valence-corrected chi connectivity index (χ0v) is 20.1. The summed E-state index contributed by atoms with van der Waals surface area (Å²) in [7, 11) is 0. The maximum Gasteiger partial charge on any atom is 0.416 e. The van der Waals surface area contributed by atoms with Gasteiger partial charge in [-0.25, -0.2) is 9.69 Å². The fraction of sp³-hybridized carbons (Fsp3) is 0.444. The number of imide groups is 1. The van der Waals surface area contributed by atoms with Crippen LogP contribution in [0.4, 0.5) is 4.79 Å². The molecule has 2 aromatic rings. The first-order chi connectivity index (χ1) is 16.2. The lowest BCUT2D eigenvalue weighted by Gasteiger charge is -2.26. The van der Waals surface area contributed by atoms with Crippen molar-refractivity contribution in [3.8, 4) is 0 Å². The highest BCUT2D eigenvalue weighted by Gasteiger charge is 2.41. The lowest BCUT2D eigenvalue weighted by molar-refractivity contribution is -0.158. The third kappa shape index (κ3) is 7.70. The minimum absolute atomic E-state index is 0.128. The number of amides is 2. The summed E-state index contributed by atoms with van der Waals surface area (Å²) < 4.78 is 16.4. The van der Waals surface area contributed by atoms with E-state index in [0.717, 1.165) is 11.1 Å². The van der Waals surface area contributed by atoms with E-state index in [1.165, 1.54) is 4.90 Å². The van der Waals surface area contributed by atoms with Crippen LogP contribution in [0.15, 0.2) is 60.7 Å². The van der Waals surface area contributed by atoms with Crippen molar-refractivity contribution in [3.63, 3.8) is 0 Å². The van der Waals surface area contributed by atoms with Crippen molar-refractivity contribution in [1.29, 1.82) is 0 Å². The maximum absolute atomic E-state index is 13.5. The van der Waals surface area contributed by atoms with E-state index in [4.69, 9.17) is 14.2 Å². The van der Waals surface area contributed by atoms with E-state index in [0.29, 0.717) is 13.0 Å². The molecule has 0 aromatic heterocycles. The Balaban J connectivity index is 1.68. The van der Waals surface area contributed by atoms with Crippen molar-refractivity contribution in [2.75, 3.05) is 13.2 Å². The minimum Gasteiger partial charge on any atom is -0.460 e. The average Bonchev–Trinajstić information content (AvgIpc) is 3.15. The minimum atomic E-state index is -0.755. The predicted octanol–water partition coefficient (Wildman–Crippen LogP) is 4.53. The number of hydrogen-bond acceptors (Lipinski definition) is 6. The summed E-state index contributed by atoms with van der Waals surface area (Å²) in [5, 5.41) is 0. The second-order valence-electron chi connectivity index (χ2n) is 9.44. The third-order valence-corrected chi connectivity index (χ3v) is 5.42. The van der Waals surface area contributed by atoms with Crippen LogP contribution in [0.2, 0.25) is 0 Å². The van der Waals surface area contributed by atoms with Gasteiger partial charge in [-0.05, 0) is 44.7 Å². The van der Waals surface area contributed by atoms with Gasteiger partial charge in [0, 0.05) is 6.61 Å². The number of benzene rings is 2. The van der Waals surface area contributed by atoms with E-state index >= 15 is 0 Å². The van der Waals surface area contributed by atoms with Crippen LogP contribution in [0.1, 0.15) is 44.7 Å². The molecule has 2 unspecified atom stereocenters. The van der Waals surface area contributed by atoms with E-state index in [1.807, 2.05) is 60.7 Å². The summed E-state index contributed by atoms with van der Waals surface area (Å²) in [6.07, 6.45) is -0.0354. The Hall–Kier alpha value is -3.19.